The van der Waals surface area contributed by atoms with Gasteiger partial charge in [-0.05, 0) is 62.1 Å². The summed E-state index contributed by atoms with van der Waals surface area (Å²) in [7, 11) is 0. The van der Waals surface area contributed by atoms with Gasteiger partial charge in [-0.2, -0.15) is 0 Å². The van der Waals surface area contributed by atoms with Gasteiger partial charge in [-0.1, -0.05) is 31.2 Å². The molecule has 1 saturated carbocycles. The zero-order chi connectivity index (χ0) is 14.5. The van der Waals surface area contributed by atoms with Crippen LogP contribution in [0.15, 0.2) is 24.3 Å². The molecule has 1 fully saturated rings. The number of hydrogen-bond donors (Lipinski definition) is 1. The van der Waals surface area contributed by atoms with E-state index in [-0.39, 0.29) is 5.41 Å². The maximum Gasteiger partial charge on any atom is 0.0575 e. The molecule has 0 heterocycles. The van der Waals surface area contributed by atoms with Crippen molar-refractivity contribution >= 4 is 0 Å². The maximum absolute atomic E-state index is 6.15. The molecule has 0 aliphatic heterocycles. The Morgan fingerprint density at radius 2 is 2.14 bits per heavy atom. The van der Waals surface area contributed by atoms with Gasteiger partial charge in [-0.15, -0.1) is 0 Å². The van der Waals surface area contributed by atoms with Crippen molar-refractivity contribution < 1.29 is 4.74 Å². The summed E-state index contributed by atoms with van der Waals surface area (Å²) >= 11 is 0. The molecule has 0 saturated heterocycles. The summed E-state index contributed by atoms with van der Waals surface area (Å²) in [6.45, 7) is 6.25. The van der Waals surface area contributed by atoms with Crippen LogP contribution in [0.4, 0.5) is 0 Å². The summed E-state index contributed by atoms with van der Waals surface area (Å²) in [5, 5.41) is 3.66. The standard InChI is InChI=1S/C19H29NO/c1-2-12-20-14-19(15-21-13-16-9-10-16)11-5-7-17-6-3-4-8-18(17)19/h3-4,6,8,16,20H,2,5,7,9-15H2,1H3. The molecule has 21 heavy (non-hydrogen) atoms. The van der Waals surface area contributed by atoms with Crippen molar-refractivity contribution in [2.75, 3.05) is 26.3 Å². The Kier molecular flexibility index (Phi) is 4.97. The van der Waals surface area contributed by atoms with Crippen LogP contribution < -0.4 is 5.32 Å². The van der Waals surface area contributed by atoms with Crippen molar-refractivity contribution in [3.63, 3.8) is 0 Å². The summed E-state index contributed by atoms with van der Waals surface area (Å²) in [5.41, 5.74) is 3.27. The summed E-state index contributed by atoms with van der Waals surface area (Å²) in [6, 6.07) is 9.02. The second kappa shape index (κ2) is 6.93. The van der Waals surface area contributed by atoms with Gasteiger partial charge in [0.25, 0.3) is 0 Å². The van der Waals surface area contributed by atoms with Crippen molar-refractivity contribution in [1.82, 2.24) is 5.32 Å². The smallest absolute Gasteiger partial charge is 0.0575 e. The minimum Gasteiger partial charge on any atom is -0.380 e. The van der Waals surface area contributed by atoms with Crippen molar-refractivity contribution in [3.8, 4) is 0 Å². The van der Waals surface area contributed by atoms with Gasteiger partial charge in [0.15, 0.2) is 0 Å². The second-order valence-electron chi connectivity index (χ2n) is 6.93. The predicted octanol–water partition coefficient (Wildman–Crippen LogP) is 3.69. The lowest BCUT2D eigenvalue weighted by Crippen LogP contribution is -2.45. The van der Waals surface area contributed by atoms with Crippen LogP contribution in [0.25, 0.3) is 0 Å². The van der Waals surface area contributed by atoms with E-state index in [1.807, 2.05) is 0 Å². The number of benzene rings is 1. The van der Waals surface area contributed by atoms with Crippen molar-refractivity contribution in [3.05, 3.63) is 35.4 Å². The molecule has 0 spiro atoms. The Hall–Kier alpha value is -0.860. The second-order valence-corrected chi connectivity index (χ2v) is 6.93. The van der Waals surface area contributed by atoms with Crippen LogP contribution in [0, 0.1) is 5.92 Å². The average molecular weight is 287 g/mol. The molecule has 1 aromatic carbocycles. The molecule has 0 radical (unpaired) electrons. The topological polar surface area (TPSA) is 21.3 Å². The molecule has 0 amide bonds. The van der Waals surface area contributed by atoms with Crippen LogP contribution in [0.2, 0.25) is 0 Å². The first-order valence-corrected chi connectivity index (χ1v) is 8.71. The number of ether oxygens (including phenoxy) is 1. The Labute approximate surface area is 129 Å². The molecule has 0 aromatic heterocycles. The number of fused-ring (bicyclic) bond motifs is 1. The van der Waals surface area contributed by atoms with Gasteiger partial charge in [-0.3, -0.25) is 0 Å². The zero-order valence-electron chi connectivity index (χ0n) is 13.4. The van der Waals surface area contributed by atoms with Crippen LogP contribution in [0.3, 0.4) is 0 Å². The van der Waals surface area contributed by atoms with Crippen molar-refractivity contribution in [2.24, 2.45) is 5.92 Å². The fourth-order valence-electron chi connectivity index (χ4n) is 3.60. The highest BCUT2D eigenvalue weighted by Crippen LogP contribution is 2.38. The number of nitrogens with one attached hydrogen (secondary N) is 1. The SMILES string of the molecule is CCCNCC1(COCC2CC2)CCCc2ccccc21. The van der Waals surface area contributed by atoms with Gasteiger partial charge in [0.05, 0.1) is 6.61 Å². The molecule has 0 bridgehead atoms. The Morgan fingerprint density at radius 1 is 1.29 bits per heavy atom. The summed E-state index contributed by atoms with van der Waals surface area (Å²) in [6.07, 6.45) is 7.72. The van der Waals surface area contributed by atoms with E-state index in [0.717, 1.165) is 32.2 Å². The van der Waals surface area contributed by atoms with E-state index >= 15 is 0 Å². The molecule has 2 aliphatic rings. The Morgan fingerprint density at radius 3 is 2.95 bits per heavy atom. The lowest BCUT2D eigenvalue weighted by molar-refractivity contribution is 0.0665. The Bertz CT molecular complexity index is 455. The van der Waals surface area contributed by atoms with Crippen LogP contribution in [-0.4, -0.2) is 26.3 Å². The van der Waals surface area contributed by atoms with Gasteiger partial charge in [-0.25, -0.2) is 0 Å². The quantitative estimate of drug-likeness (QED) is 0.736. The van der Waals surface area contributed by atoms with E-state index in [1.165, 1.54) is 49.7 Å². The van der Waals surface area contributed by atoms with Crippen LogP contribution in [0.5, 0.6) is 0 Å². The molecule has 2 nitrogen and oxygen atoms in total. The first-order valence-electron chi connectivity index (χ1n) is 8.71. The third-order valence-corrected chi connectivity index (χ3v) is 5.01. The van der Waals surface area contributed by atoms with Crippen LogP contribution in [0.1, 0.15) is 50.2 Å². The highest BCUT2D eigenvalue weighted by atomic mass is 16.5. The maximum atomic E-state index is 6.15. The van der Waals surface area contributed by atoms with Crippen LogP contribution in [-0.2, 0) is 16.6 Å². The molecular formula is C19H29NO. The fourth-order valence-corrected chi connectivity index (χ4v) is 3.60. The zero-order valence-corrected chi connectivity index (χ0v) is 13.4. The summed E-state index contributed by atoms with van der Waals surface area (Å²) in [4.78, 5) is 0. The largest absolute Gasteiger partial charge is 0.380 e. The van der Waals surface area contributed by atoms with E-state index in [0.29, 0.717) is 0 Å². The predicted molar refractivity (Wildman–Crippen MR) is 87.8 cm³/mol. The monoisotopic (exact) mass is 287 g/mol. The fraction of sp³-hybridized carbons (Fsp3) is 0.684. The summed E-state index contributed by atoms with van der Waals surface area (Å²) in [5.74, 6) is 0.851. The van der Waals surface area contributed by atoms with Gasteiger partial charge in [0, 0.05) is 18.6 Å². The molecule has 2 aliphatic carbocycles. The van der Waals surface area contributed by atoms with Crippen LogP contribution >= 0.6 is 0 Å². The van der Waals surface area contributed by atoms with E-state index < -0.39 is 0 Å². The third-order valence-electron chi connectivity index (χ3n) is 5.01. The highest BCUT2D eigenvalue weighted by molar-refractivity contribution is 5.37. The minimum absolute atomic E-state index is 0.193. The molecule has 1 N–H and O–H groups in total. The summed E-state index contributed by atoms with van der Waals surface area (Å²) < 4.78 is 6.15. The molecule has 116 valence electrons. The van der Waals surface area contributed by atoms with E-state index in [9.17, 15) is 0 Å². The first kappa shape index (κ1) is 15.1. The third kappa shape index (κ3) is 3.67. The molecular weight excluding hydrogens is 258 g/mol. The molecule has 2 heteroatoms. The molecule has 3 rings (SSSR count). The molecule has 1 atom stereocenters. The number of hydrogen-bond acceptors (Lipinski definition) is 2. The first-order chi connectivity index (χ1) is 10.3. The molecule has 1 unspecified atom stereocenters. The highest BCUT2D eigenvalue weighted by Gasteiger charge is 2.37. The van der Waals surface area contributed by atoms with Crippen molar-refractivity contribution in [1.29, 1.82) is 0 Å². The number of rotatable bonds is 8. The molecule has 1 aromatic rings. The average Bonchev–Trinajstić information content (AvgIpc) is 3.32. The Balaban J connectivity index is 1.74. The van der Waals surface area contributed by atoms with E-state index in [4.69, 9.17) is 4.74 Å². The van der Waals surface area contributed by atoms with Crippen molar-refractivity contribution in [2.45, 2.75) is 50.9 Å². The lowest BCUT2D eigenvalue weighted by Gasteiger charge is -2.39. The lowest BCUT2D eigenvalue weighted by atomic mass is 9.70. The van der Waals surface area contributed by atoms with Gasteiger partial charge < -0.3 is 10.1 Å². The van der Waals surface area contributed by atoms with E-state index in [2.05, 4.69) is 36.5 Å². The van der Waals surface area contributed by atoms with Gasteiger partial charge in [0.1, 0.15) is 0 Å². The van der Waals surface area contributed by atoms with Gasteiger partial charge >= 0.3 is 0 Å². The number of aryl methyl sites for hydroxylation is 1. The van der Waals surface area contributed by atoms with Gasteiger partial charge in [0.2, 0.25) is 0 Å². The minimum atomic E-state index is 0.193. The van der Waals surface area contributed by atoms with E-state index in [1.54, 1.807) is 0 Å². The normalized spacial score (nSPS) is 24.8.